The molecule has 2 aromatic heterocycles. The van der Waals surface area contributed by atoms with Crippen molar-refractivity contribution in [2.75, 3.05) is 12.0 Å². The van der Waals surface area contributed by atoms with Gasteiger partial charge in [-0.3, -0.25) is 0 Å². The van der Waals surface area contributed by atoms with E-state index in [-0.39, 0.29) is 36.5 Å². The first-order chi connectivity index (χ1) is 18.5. The molecule has 2 bridgehead atoms. The lowest BCUT2D eigenvalue weighted by atomic mass is 9.99. The van der Waals surface area contributed by atoms with Crippen molar-refractivity contribution in [3.8, 4) is 17.0 Å². The van der Waals surface area contributed by atoms with Crippen molar-refractivity contribution in [2.45, 2.75) is 75.8 Å². The van der Waals surface area contributed by atoms with Gasteiger partial charge in [0, 0.05) is 29.1 Å². The maximum absolute atomic E-state index is 13.0. The number of alkyl halides is 2. The minimum absolute atomic E-state index is 0.0231. The number of nitrogens with zero attached hydrogens (tertiary/aromatic N) is 3. The number of carbonyl (C=O) groups excluding carboxylic acids is 1. The Bertz CT molecular complexity index is 1300. The SMILES string of the molecule is COC(=O)c1cccc(N2C3CCC2CC(OCc2c(-c4ccccc4OC(F)F)noc2C2CC2)C3)n1. The van der Waals surface area contributed by atoms with Gasteiger partial charge in [0.1, 0.15) is 23.0 Å². The smallest absolute Gasteiger partial charge is 0.387 e. The van der Waals surface area contributed by atoms with Crippen LogP contribution in [-0.4, -0.2) is 48.0 Å². The molecule has 3 fully saturated rings. The molecule has 3 aromatic rings. The number of ether oxygens (including phenoxy) is 3. The summed E-state index contributed by atoms with van der Waals surface area (Å²) in [5.74, 6) is 1.45. The monoisotopic (exact) mass is 525 g/mol. The maximum atomic E-state index is 13.0. The number of anilines is 1. The lowest BCUT2D eigenvalue weighted by Gasteiger charge is -2.39. The fourth-order valence-corrected chi connectivity index (χ4v) is 5.82. The summed E-state index contributed by atoms with van der Waals surface area (Å²) in [6, 6.07) is 12.6. The molecule has 200 valence electrons. The molecule has 0 N–H and O–H groups in total. The number of hydrogen-bond donors (Lipinski definition) is 0. The molecule has 0 amide bonds. The summed E-state index contributed by atoms with van der Waals surface area (Å²) in [6.07, 6.45) is 5.75. The van der Waals surface area contributed by atoms with Crippen LogP contribution >= 0.6 is 0 Å². The van der Waals surface area contributed by atoms with E-state index in [2.05, 4.69) is 15.0 Å². The fraction of sp³-hybridized carbons (Fsp3) is 0.464. The molecule has 1 aromatic carbocycles. The molecule has 3 aliphatic rings. The number of esters is 1. The van der Waals surface area contributed by atoms with E-state index in [0.29, 0.717) is 17.0 Å². The molecule has 1 aliphatic carbocycles. The van der Waals surface area contributed by atoms with Crippen LogP contribution in [0.2, 0.25) is 0 Å². The summed E-state index contributed by atoms with van der Waals surface area (Å²) in [7, 11) is 1.35. The predicted molar refractivity (Wildman–Crippen MR) is 133 cm³/mol. The topological polar surface area (TPSA) is 86.9 Å². The van der Waals surface area contributed by atoms with E-state index in [9.17, 15) is 13.6 Å². The van der Waals surface area contributed by atoms with Crippen molar-refractivity contribution in [1.82, 2.24) is 10.1 Å². The third kappa shape index (κ3) is 4.84. The number of methoxy groups -OCH3 is 1. The number of halogens is 2. The number of benzene rings is 1. The number of carbonyl (C=O) groups is 1. The van der Waals surface area contributed by atoms with Crippen LogP contribution in [0.4, 0.5) is 14.6 Å². The Balaban J connectivity index is 1.19. The molecule has 6 rings (SSSR count). The van der Waals surface area contributed by atoms with E-state index in [1.54, 1.807) is 24.3 Å². The van der Waals surface area contributed by atoms with Crippen LogP contribution in [0.15, 0.2) is 47.0 Å². The summed E-state index contributed by atoms with van der Waals surface area (Å²) in [4.78, 5) is 18.8. The average molecular weight is 526 g/mol. The van der Waals surface area contributed by atoms with Gasteiger partial charge in [-0.2, -0.15) is 8.78 Å². The van der Waals surface area contributed by atoms with E-state index >= 15 is 0 Å². The molecule has 1 saturated carbocycles. The minimum atomic E-state index is -2.94. The van der Waals surface area contributed by atoms with Crippen LogP contribution < -0.4 is 9.64 Å². The van der Waals surface area contributed by atoms with Gasteiger partial charge >= 0.3 is 12.6 Å². The van der Waals surface area contributed by atoms with Crippen LogP contribution in [0.3, 0.4) is 0 Å². The van der Waals surface area contributed by atoms with Gasteiger partial charge < -0.3 is 23.6 Å². The minimum Gasteiger partial charge on any atom is -0.464 e. The van der Waals surface area contributed by atoms with Crippen LogP contribution in [0.25, 0.3) is 11.3 Å². The first kappa shape index (κ1) is 24.8. The maximum Gasteiger partial charge on any atom is 0.387 e. The van der Waals surface area contributed by atoms with Gasteiger partial charge in [-0.1, -0.05) is 23.4 Å². The third-order valence-corrected chi connectivity index (χ3v) is 7.67. The number of aromatic nitrogens is 2. The molecule has 4 heterocycles. The molecule has 2 unspecified atom stereocenters. The molecule has 0 radical (unpaired) electrons. The Morgan fingerprint density at radius 2 is 1.84 bits per heavy atom. The second kappa shape index (κ2) is 10.3. The number of rotatable bonds is 9. The highest BCUT2D eigenvalue weighted by molar-refractivity contribution is 5.87. The molecule has 2 saturated heterocycles. The summed E-state index contributed by atoms with van der Waals surface area (Å²) < 4.78 is 47.9. The van der Waals surface area contributed by atoms with Crippen molar-refractivity contribution in [1.29, 1.82) is 0 Å². The Hall–Kier alpha value is -3.53. The zero-order chi connectivity index (χ0) is 26.2. The Labute approximate surface area is 218 Å². The van der Waals surface area contributed by atoms with Crippen molar-refractivity contribution in [2.24, 2.45) is 0 Å². The number of fused-ring (bicyclic) bond motifs is 2. The molecule has 2 atom stereocenters. The van der Waals surface area contributed by atoms with Crippen molar-refractivity contribution >= 4 is 11.8 Å². The molecule has 2 aliphatic heterocycles. The van der Waals surface area contributed by atoms with Crippen molar-refractivity contribution in [3.63, 3.8) is 0 Å². The van der Waals surface area contributed by atoms with Crippen molar-refractivity contribution < 1.29 is 32.3 Å². The standard InChI is InChI=1S/C28H29F2N3O5/c1-35-27(34)22-6-4-8-24(31-22)33-17-11-12-18(33)14-19(13-17)36-15-21-25(32-38-26(21)16-9-10-16)20-5-2-3-7-23(20)37-28(29)30/h2-8,16-19,28H,9-15H2,1H3. The average Bonchev–Trinajstić information content (AvgIpc) is 3.63. The molecule has 8 nitrogen and oxygen atoms in total. The third-order valence-electron chi connectivity index (χ3n) is 7.67. The Morgan fingerprint density at radius 1 is 1.08 bits per heavy atom. The Morgan fingerprint density at radius 3 is 2.55 bits per heavy atom. The first-order valence-corrected chi connectivity index (χ1v) is 13.0. The lowest BCUT2D eigenvalue weighted by molar-refractivity contribution is -0.0494. The summed E-state index contributed by atoms with van der Waals surface area (Å²) >= 11 is 0. The highest BCUT2D eigenvalue weighted by Crippen LogP contribution is 2.46. The van der Waals surface area contributed by atoms with Gasteiger partial charge in [-0.25, -0.2) is 9.78 Å². The van der Waals surface area contributed by atoms with Crippen LogP contribution in [0, 0.1) is 0 Å². The van der Waals surface area contributed by atoms with Gasteiger partial charge in [0.15, 0.2) is 5.69 Å². The second-order valence-electron chi connectivity index (χ2n) is 10.1. The zero-order valence-electron chi connectivity index (χ0n) is 21.0. The van der Waals surface area contributed by atoms with E-state index in [1.165, 1.54) is 13.2 Å². The summed E-state index contributed by atoms with van der Waals surface area (Å²) in [5, 5.41) is 4.27. The quantitative estimate of drug-likeness (QED) is 0.328. The van der Waals surface area contributed by atoms with Crippen LogP contribution in [0.1, 0.15) is 66.3 Å². The van der Waals surface area contributed by atoms with E-state index in [4.69, 9.17) is 18.7 Å². The van der Waals surface area contributed by atoms with Crippen LogP contribution in [-0.2, 0) is 16.1 Å². The second-order valence-corrected chi connectivity index (χ2v) is 10.1. The number of hydrogen-bond acceptors (Lipinski definition) is 8. The van der Waals surface area contributed by atoms with Crippen LogP contribution in [0.5, 0.6) is 5.75 Å². The lowest BCUT2D eigenvalue weighted by Crippen LogP contribution is -2.46. The largest absolute Gasteiger partial charge is 0.464 e. The van der Waals surface area contributed by atoms with E-state index in [1.807, 2.05) is 12.1 Å². The molecule has 10 heteroatoms. The number of pyridine rings is 1. The van der Waals surface area contributed by atoms with Gasteiger partial charge in [0.2, 0.25) is 0 Å². The zero-order valence-corrected chi connectivity index (χ0v) is 21.0. The van der Waals surface area contributed by atoms with Gasteiger partial charge in [-0.05, 0) is 62.8 Å². The number of para-hydroxylation sites is 1. The highest BCUT2D eigenvalue weighted by atomic mass is 19.3. The molecular weight excluding hydrogens is 496 g/mol. The van der Waals surface area contributed by atoms with Gasteiger partial charge in [0.25, 0.3) is 0 Å². The summed E-state index contributed by atoms with van der Waals surface area (Å²) in [6.45, 7) is -2.65. The molecule has 0 spiro atoms. The highest BCUT2D eigenvalue weighted by Gasteiger charge is 2.42. The normalized spacial score (nSPS) is 22.6. The van der Waals surface area contributed by atoms with E-state index < -0.39 is 12.6 Å². The molecule has 38 heavy (non-hydrogen) atoms. The first-order valence-electron chi connectivity index (χ1n) is 13.0. The van der Waals surface area contributed by atoms with Crippen molar-refractivity contribution in [3.05, 3.63) is 59.5 Å². The van der Waals surface area contributed by atoms with E-state index in [0.717, 1.165) is 55.7 Å². The molecular formula is C28H29F2N3O5. The Kier molecular flexibility index (Phi) is 6.73. The van der Waals surface area contributed by atoms with Gasteiger partial charge in [0.05, 0.1) is 19.8 Å². The summed E-state index contributed by atoms with van der Waals surface area (Å²) in [5.41, 5.74) is 2.06. The number of piperidine rings is 1. The fourth-order valence-electron chi connectivity index (χ4n) is 5.82. The van der Waals surface area contributed by atoms with Gasteiger partial charge in [-0.15, -0.1) is 0 Å². The predicted octanol–water partition coefficient (Wildman–Crippen LogP) is 5.72.